The lowest BCUT2D eigenvalue weighted by molar-refractivity contribution is -0.235. The van der Waals surface area contributed by atoms with Gasteiger partial charge in [-0.15, -0.1) is 0 Å². The molecule has 0 aliphatic carbocycles. The van der Waals surface area contributed by atoms with Crippen LogP contribution in [0.4, 0.5) is 0 Å². The fraction of sp³-hybridized carbons (Fsp3) is 0.912. The summed E-state index contributed by atoms with van der Waals surface area (Å²) in [6, 6.07) is -0.850. The predicted molar refractivity (Wildman–Crippen MR) is 184 cm³/mol. The Balaban J connectivity index is 1.57. The number of aliphatic hydroxyl groups is 3. The molecule has 3 amide bonds. The van der Waals surface area contributed by atoms with Crippen molar-refractivity contribution in [3.05, 3.63) is 0 Å². The molecular weight excluding hydrogens is 670 g/mol. The van der Waals surface area contributed by atoms with Crippen LogP contribution in [0.15, 0.2) is 0 Å². The van der Waals surface area contributed by atoms with Crippen molar-refractivity contribution in [3.63, 3.8) is 0 Å². The molecule has 3 fully saturated rings. The highest BCUT2D eigenvalue weighted by molar-refractivity contribution is 5.86. The monoisotopic (exact) mass is 733 g/mol. The van der Waals surface area contributed by atoms with Crippen LogP contribution in [0, 0.1) is 0 Å². The molecule has 17 nitrogen and oxygen atoms in total. The maximum Gasteiger partial charge on any atom is 0.237 e. The van der Waals surface area contributed by atoms with Crippen LogP contribution in [0.2, 0.25) is 0 Å². The molecule has 8 N–H and O–H groups in total. The molecule has 0 spiro atoms. The Morgan fingerprint density at radius 3 is 1.45 bits per heavy atom. The standard InChI is InChI=1S/C34H63N5O12/c1-22-7-10-26(40)32(49-22)46-17-14-36-29(43)20-39(21-30(44)37-15-18-47-33-27(41)11-8-23(2)50-33)25(6-4-5-13-35)31(45)38-16-19-48-34-28(42)12-9-24(3)51-34/h22-28,32-34,40-42H,4-21,35H2,1-3H3,(H,36,43)(H,37,44)(H,38,45)/t22-,23-,24-,25-,26-,27-,28-,32+,33+,34+/m0/s1. The Hall–Kier alpha value is -2.03. The molecule has 3 saturated heterocycles. The number of nitrogens with zero attached hydrogens (tertiary/aromatic N) is 1. The molecule has 0 radical (unpaired) electrons. The highest BCUT2D eigenvalue weighted by atomic mass is 16.7. The third-order valence-electron chi connectivity index (χ3n) is 9.11. The van der Waals surface area contributed by atoms with Gasteiger partial charge in [-0.25, -0.2) is 0 Å². The van der Waals surface area contributed by atoms with Gasteiger partial charge < -0.3 is 65.4 Å². The van der Waals surface area contributed by atoms with Gasteiger partial charge in [-0.05, 0) is 78.7 Å². The van der Waals surface area contributed by atoms with Crippen LogP contribution in [0.1, 0.15) is 78.6 Å². The average molecular weight is 734 g/mol. The molecule has 3 aliphatic heterocycles. The lowest BCUT2D eigenvalue weighted by Gasteiger charge is -2.32. The Labute approximate surface area is 301 Å². The van der Waals surface area contributed by atoms with Crippen LogP contribution >= 0.6 is 0 Å². The van der Waals surface area contributed by atoms with Crippen LogP contribution in [0.25, 0.3) is 0 Å². The fourth-order valence-electron chi connectivity index (χ4n) is 6.16. The number of ether oxygens (including phenoxy) is 6. The molecule has 3 heterocycles. The first kappa shape index (κ1) is 43.4. The van der Waals surface area contributed by atoms with E-state index in [1.165, 1.54) is 4.90 Å². The lowest BCUT2D eigenvalue weighted by atomic mass is 10.1. The minimum Gasteiger partial charge on any atom is -0.388 e. The maximum atomic E-state index is 13.6. The molecule has 296 valence electrons. The summed E-state index contributed by atoms with van der Waals surface area (Å²) in [5.41, 5.74) is 5.73. The number of carbonyl (C=O) groups excluding carboxylic acids is 3. The molecule has 0 saturated carbocycles. The number of hydrogen-bond donors (Lipinski definition) is 7. The Morgan fingerprint density at radius 2 is 1.06 bits per heavy atom. The molecule has 0 bridgehead atoms. The van der Waals surface area contributed by atoms with Crippen molar-refractivity contribution >= 4 is 17.7 Å². The first-order valence-corrected chi connectivity index (χ1v) is 18.6. The van der Waals surface area contributed by atoms with Crippen LogP contribution in [-0.4, -0.2) is 159 Å². The highest BCUT2D eigenvalue weighted by Gasteiger charge is 2.32. The van der Waals surface area contributed by atoms with Gasteiger partial charge in [0.25, 0.3) is 0 Å². The van der Waals surface area contributed by atoms with Crippen LogP contribution < -0.4 is 21.7 Å². The zero-order valence-electron chi connectivity index (χ0n) is 30.5. The Morgan fingerprint density at radius 1 is 0.667 bits per heavy atom. The number of carbonyl (C=O) groups is 3. The third-order valence-corrected chi connectivity index (χ3v) is 9.11. The summed E-state index contributed by atoms with van der Waals surface area (Å²) < 4.78 is 33.9. The third kappa shape index (κ3) is 16.3. The van der Waals surface area contributed by atoms with E-state index < -0.39 is 60.9 Å². The Kier molecular flexibility index (Phi) is 20.1. The van der Waals surface area contributed by atoms with Crippen LogP contribution in [-0.2, 0) is 42.8 Å². The summed E-state index contributed by atoms with van der Waals surface area (Å²) in [6.07, 6.45) is 0.725. The predicted octanol–water partition coefficient (Wildman–Crippen LogP) is -1.16. The Bertz CT molecular complexity index is 982. The van der Waals surface area contributed by atoms with E-state index in [-0.39, 0.29) is 70.9 Å². The van der Waals surface area contributed by atoms with E-state index in [0.29, 0.717) is 45.1 Å². The number of amides is 3. The van der Waals surface area contributed by atoms with E-state index in [9.17, 15) is 29.7 Å². The zero-order valence-corrected chi connectivity index (χ0v) is 30.5. The van der Waals surface area contributed by atoms with Gasteiger partial charge >= 0.3 is 0 Å². The number of hydrogen-bond acceptors (Lipinski definition) is 14. The largest absolute Gasteiger partial charge is 0.388 e. The summed E-state index contributed by atoms with van der Waals surface area (Å²) in [4.78, 5) is 41.4. The number of nitrogens with one attached hydrogen (secondary N) is 3. The van der Waals surface area contributed by atoms with Gasteiger partial charge in [0.2, 0.25) is 17.7 Å². The van der Waals surface area contributed by atoms with Crippen molar-refractivity contribution in [2.24, 2.45) is 5.73 Å². The second-order valence-electron chi connectivity index (χ2n) is 13.7. The molecule has 17 heteroatoms. The molecule has 3 aliphatic rings. The lowest BCUT2D eigenvalue weighted by Crippen LogP contribution is -2.54. The minimum absolute atomic E-state index is 0.0417. The van der Waals surface area contributed by atoms with E-state index in [4.69, 9.17) is 34.2 Å². The van der Waals surface area contributed by atoms with Gasteiger partial charge in [0.15, 0.2) is 18.9 Å². The summed E-state index contributed by atoms with van der Waals surface area (Å²) in [6.45, 7) is 6.26. The zero-order chi connectivity index (χ0) is 37.2. The number of nitrogens with two attached hydrogens (primary N) is 1. The fourth-order valence-corrected chi connectivity index (χ4v) is 6.16. The second kappa shape index (κ2) is 23.6. The highest BCUT2D eigenvalue weighted by Crippen LogP contribution is 2.22. The normalized spacial score (nSPS) is 30.5. The van der Waals surface area contributed by atoms with E-state index in [1.54, 1.807) is 0 Å². The minimum atomic E-state index is -0.850. The molecule has 0 aromatic carbocycles. The van der Waals surface area contributed by atoms with Crippen molar-refractivity contribution in [3.8, 4) is 0 Å². The van der Waals surface area contributed by atoms with E-state index >= 15 is 0 Å². The van der Waals surface area contributed by atoms with E-state index in [1.807, 2.05) is 20.8 Å². The SMILES string of the molecule is C[C@H]1CC[C@H](O)[C@H](OCCNC(=O)CN(CC(=O)NCCO[C@@H]2O[C@@H](C)CC[C@@H]2O)[C@@H](CCCCN)C(=O)NCCO[C@@H]2O[C@@H](C)CC[C@@H]2O)O1. The topological polar surface area (TPSA) is 233 Å². The molecule has 0 aromatic heterocycles. The van der Waals surface area contributed by atoms with Crippen molar-refractivity contribution in [1.29, 1.82) is 0 Å². The first-order valence-electron chi connectivity index (χ1n) is 18.6. The quantitative estimate of drug-likeness (QED) is 0.0651. The number of unbranched alkanes of at least 4 members (excludes halogenated alkanes) is 1. The molecule has 3 rings (SSSR count). The van der Waals surface area contributed by atoms with Gasteiger partial charge in [-0.3, -0.25) is 19.3 Å². The van der Waals surface area contributed by atoms with E-state index in [0.717, 1.165) is 19.3 Å². The van der Waals surface area contributed by atoms with Crippen LogP contribution in [0.3, 0.4) is 0 Å². The smallest absolute Gasteiger partial charge is 0.237 e. The summed E-state index contributed by atoms with van der Waals surface area (Å²) >= 11 is 0. The molecule has 0 aromatic rings. The van der Waals surface area contributed by atoms with Crippen molar-refractivity contribution in [1.82, 2.24) is 20.9 Å². The first-order chi connectivity index (χ1) is 24.5. The maximum absolute atomic E-state index is 13.6. The van der Waals surface area contributed by atoms with Crippen LogP contribution in [0.5, 0.6) is 0 Å². The van der Waals surface area contributed by atoms with Gasteiger partial charge in [0.1, 0.15) is 18.3 Å². The summed E-state index contributed by atoms with van der Waals surface area (Å²) in [7, 11) is 0. The molecule has 10 atom stereocenters. The van der Waals surface area contributed by atoms with Gasteiger partial charge in [0, 0.05) is 19.6 Å². The van der Waals surface area contributed by atoms with E-state index in [2.05, 4.69) is 16.0 Å². The summed E-state index contributed by atoms with van der Waals surface area (Å²) in [5.74, 6) is -1.25. The van der Waals surface area contributed by atoms with Crippen molar-refractivity contribution in [2.45, 2.75) is 140 Å². The average Bonchev–Trinajstić information content (AvgIpc) is 3.09. The number of aliphatic hydroxyl groups excluding tert-OH is 3. The van der Waals surface area contributed by atoms with Crippen molar-refractivity contribution in [2.75, 3.05) is 59.1 Å². The molecular formula is C34H63N5O12. The molecule has 51 heavy (non-hydrogen) atoms. The molecule has 0 unspecified atom stereocenters. The summed E-state index contributed by atoms with van der Waals surface area (Å²) in [5, 5.41) is 38.9. The van der Waals surface area contributed by atoms with Gasteiger partial charge in [-0.2, -0.15) is 0 Å². The number of rotatable bonds is 22. The second-order valence-corrected chi connectivity index (χ2v) is 13.7. The van der Waals surface area contributed by atoms with Crippen molar-refractivity contribution < 1.29 is 58.1 Å². The van der Waals surface area contributed by atoms with Gasteiger partial charge in [-0.1, -0.05) is 6.42 Å². The van der Waals surface area contributed by atoms with Gasteiger partial charge in [0.05, 0.1) is 57.3 Å².